The molecule has 17 heavy (non-hydrogen) atoms. The molecular weight excluding hydrogens is 318 g/mol. The minimum Gasteiger partial charge on any atom is -0.313 e. The zero-order chi connectivity index (χ0) is 12.3. The normalized spacial score (nSPS) is 12.6. The molecule has 6 heteroatoms. The molecule has 90 valence electrons. The highest BCUT2D eigenvalue weighted by Gasteiger charge is 2.11. The Bertz CT molecular complexity index is 487. The summed E-state index contributed by atoms with van der Waals surface area (Å²) in [5, 5.41) is 3.26. The number of halogens is 1. The Morgan fingerprint density at radius 1 is 1.47 bits per heavy atom. The molecule has 1 unspecified atom stereocenters. The molecule has 1 aromatic carbocycles. The van der Waals surface area contributed by atoms with Gasteiger partial charge in [0.25, 0.3) is 0 Å². The van der Waals surface area contributed by atoms with E-state index in [0.717, 1.165) is 8.81 Å². The number of nitrogens with zero attached hydrogens (tertiary/aromatic N) is 2. The van der Waals surface area contributed by atoms with E-state index in [1.807, 2.05) is 7.05 Å². The van der Waals surface area contributed by atoms with E-state index >= 15 is 0 Å². The van der Waals surface area contributed by atoms with Crippen molar-refractivity contribution in [2.75, 3.05) is 7.05 Å². The van der Waals surface area contributed by atoms with Crippen LogP contribution in [0, 0.1) is 0 Å². The van der Waals surface area contributed by atoms with Crippen molar-refractivity contribution < 1.29 is 0 Å². The van der Waals surface area contributed by atoms with E-state index in [2.05, 4.69) is 55.7 Å². The number of benzene rings is 1. The summed E-state index contributed by atoms with van der Waals surface area (Å²) in [4.78, 5) is 5.41. The Morgan fingerprint density at radius 3 is 2.94 bits per heavy atom. The first-order chi connectivity index (χ1) is 8.20. The molecule has 0 fully saturated rings. The Kier molecular flexibility index (Phi) is 4.55. The first-order valence-electron chi connectivity index (χ1n) is 5.12. The van der Waals surface area contributed by atoms with Gasteiger partial charge in [0.1, 0.15) is 6.33 Å². The molecular formula is C11H12BrN3S2. The lowest BCUT2D eigenvalue weighted by Gasteiger charge is -2.15. The van der Waals surface area contributed by atoms with Crippen LogP contribution in [0.1, 0.15) is 18.5 Å². The first-order valence-corrected chi connectivity index (χ1v) is 7.50. The lowest BCUT2D eigenvalue weighted by atomic mass is 10.1. The minimum absolute atomic E-state index is 0.318. The van der Waals surface area contributed by atoms with Crippen LogP contribution in [0.3, 0.4) is 0 Å². The maximum Gasteiger partial charge on any atom is 0.174 e. The summed E-state index contributed by atoms with van der Waals surface area (Å²) in [6.45, 7) is 2.15. The average Bonchev–Trinajstić information content (AvgIpc) is 2.81. The molecule has 0 saturated heterocycles. The SMILES string of the molecule is CNC(C)c1ccc(Br)cc1Sc1ncns1. The standard InChI is InChI=1S/C11H12BrN3S2/c1-7(13-2)9-4-3-8(12)5-10(9)16-11-14-6-15-17-11/h3-7,13H,1-2H3. The third-order valence-electron chi connectivity index (χ3n) is 2.41. The summed E-state index contributed by atoms with van der Waals surface area (Å²) in [5.74, 6) is 0. The van der Waals surface area contributed by atoms with E-state index in [4.69, 9.17) is 0 Å². The van der Waals surface area contributed by atoms with Gasteiger partial charge in [-0.1, -0.05) is 33.8 Å². The van der Waals surface area contributed by atoms with Crippen LogP contribution in [0.5, 0.6) is 0 Å². The van der Waals surface area contributed by atoms with Crippen molar-refractivity contribution in [1.82, 2.24) is 14.7 Å². The van der Waals surface area contributed by atoms with Gasteiger partial charge in [-0.15, -0.1) is 0 Å². The smallest absolute Gasteiger partial charge is 0.174 e. The van der Waals surface area contributed by atoms with E-state index in [9.17, 15) is 0 Å². The number of hydrogen-bond acceptors (Lipinski definition) is 5. The van der Waals surface area contributed by atoms with Crippen LogP contribution in [0.15, 0.2) is 38.2 Å². The van der Waals surface area contributed by atoms with Crippen LogP contribution in [0.4, 0.5) is 0 Å². The lowest BCUT2D eigenvalue weighted by Crippen LogP contribution is -2.13. The van der Waals surface area contributed by atoms with Crippen LogP contribution in [0.25, 0.3) is 0 Å². The third-order valence-corrected chi connectivity index (χ3v) is 4.70. The number of nitrogens with one attached hydrogen (secondary N) is 1. The molecule has 2 rings (SSSR count). The molecule has 3 nitrogen and oxygen atoms in total. The van der Waals surface area contributed by atoms with E-state index in [0.29, 0.717) is 6.04 Å². The summed E-state index contributed by atoms with van der Waals surface area (Å²) >= 11 is 6.58. The minimum atomic E-state index is 0.318. The van der Waals surface area contributed by atoms with Crippen LogP contribution >= 0.6 is 39.2 Å². The van der Waals surface area contributed by atoms with Gasteiger partial charge in [0.15, 0.2) is 4.34 Å². The molecule has 0 radical (unpaired) electrons. The van der Waals surface area contributed by atoms with Crippen molar-refractivity contribution >= 4 is 39.2 Å². The van der Waals surface area contributed by atoms with Crippen molar-refractivity contribution in [3.05, 3.63) is 34.6 Å². The quantitative estimate of drug-likeness (QED) is 0.927. The highest BCUT2D eigenvalue weighted by atomic mass is 79.9. The van der Waals surface area contributed by atoms with Gasteiger partial charge >= 0.3 is 0 Å². The second kappa shape index (κ2) is 5.95. The maximum absolute atomic E-state index is 4.20. The molecule has 1 atom stereocenters. The van der Waals surface area contributed by atoms with Crippen LogP contribution in [0.2, 0.25) is 0 Å². The zero-order valence-corrected chi connectivity index (χ0v) is 12.7. The Morgan fingerprint density at radius 2 is 2.29 bits per heavy atom. The summed E-state index contributed by atoms with van der Waals surface area (Å²) in [6, 6.07) is 6.63. The lowest BCUT2D eigenvalue weighted by molar-refractivity contribution is 0.641. The summed E-state index contributed by atoms with van der Waals surface area (Å²) in [7, 11) is 1.96. The predicted octanol–water partition coefficient (Wildman–Crippen LogP) is 3.73. The van der Waals surface area contributed by atoms with E-state index in [-0.39, 0.29) is 0 Å². The fourth-order valence-electron chi connectivity index (χ4n) is 1.41. The third kappa shape index (κ3) is 3.28. The first kappa shape index (κ1) is 13.0. The molecule has 0 aliphatic rings. The highest BCUT2D eigenvalue weighted by Crippen LogP contribution is 2.35. The van der Waals surface area contributed by atoms with Crippen molar-refractivity contribution in [2.24, 2.45) is 0 Å². The summed E-state index contributed by atoms with van der Waals surface area (Å²) in [5.41, 5.74) is 1.27. The number of aromatic nitrogens is 2. The predicted molar refractivity (Wildman–Crippen MR) is 75.6 cm³/mol. The Labute approximate surface area is 117 Å². The summed E-state index contributed by atoms with van der Waals surface area (Å²) in [6.07, 6.45) is 1.59. The van der Waals surface area contributed by atoms with Gasteiger partial charge in [0.05, 0.1) is 0 Å². The van der Waals surface area contributed by atoms with Gasteiger partial charge in [-0.25, -0.2) is 4.98 Å². The Balaban J connectivity index is 2.33. The van der Waals surface area contributed by atoms with Crippen LogP contribution in [-0.4, -0.2) is 16.4 Å². The molecule has 2 aromatic rings. The van der Waals surface area contributed by atoms with Crippen LogP contribution < -0.4 is 5.32 Å². The molecule has 0 saturated carbocycles. The molecule has 1 aromatic heterocycles. The van der Waals surface area contributed by atoms with E-state index < -0.39 is 0 Å². The topological polar surface area (TPSA) is 37.8 Å². The van der Waals surface area contributed by atoms with Gasteiger partial charge in [-0.2, -0.15) is 4.37 Å². The van der Waals surface area contributed by atoms with Gasteiger partial charge in [0, 0.05) is 15.4 Å². The van der Waals surface area contributed by atoms with Crippen LogP contribution in [-0.2, 0) is 0 Å². The van der Waals surface area contributed by atoms with Gasteiger partial charge < -0.3 is 5.32 Å². The van der Waals surface area contributed by atoms with Crippen molar-refractivity contribution in [1.29, 1.82) is 0 Å². The second-order valence-electron chi connectivity index (χ2n) is 3.50. The highest BCUT2D eigenvalue weighted by molar-refractivity contribution is 9.10. The van der Waals surface area contributed by atoms with Crippen molar-refractivity contribution in [3.8, 4) is 0 Å². The fraction of sp³-hybridized carbons (Fsp3) is 0.273. The molecule has 0 spiro atoms. The number of rotatable bonds is 4. The average molecular weight is 330 g/mol. The molecule has 1 N–H and O–H groups in total. The van der Waals surface area contributed by atoms with Crippen molar-refractivity contribution in [2.45, 2.75) is 22.2 Å². The van der Waals surface area contributed by atoms with E-state index in [1.165, 1.54) is 22.0 Å². The van der Waals surface area contributed by atoms with E-state index in [1.54, 1.807) is 18.1 Å². The molecule has 0 bridgehead atoms. The second-order valence-corrected chi connectivity index (χ2v) is 6.49. The van der Waals surface area contributed by atoms with Gasteiger partial charge in [-0.3, -0.25) is 0 Å². The fourth-order valence-corrected chi connectivity index (χ4v) is 3.59. The zero-order valence-electron chi connectivity index (χ0n) is 9.48. The van der Waals surface area contributed by atoms with Crippen molar-refractivity contribution in [3.63, 3.8) is 0 Å². The molecule has 0 aliphatic heterocycles. The Hall–Kier alpha value is -0.430. The number of hydrogen-bond donors (Lipinski definition) is 1. The molecule has 0 amide bonds. The largest absolute Gasteiger partial charge is 0.313 e. The van der Waals surface area contributed by atoms with Gasteiger partial charge in [0.2, 0.25) is 0 Å². The summed E-state index contributed by atoms with van der Waals surface area (Å²) < 4.78 is 6.06. The molecule has 1 heterocycles. The van der Waals surface area contributed by atoms with Gasteiger partial charge in [-0.05, 0) is 43.2 Å². The monoisotopic (exact) mass is 329 g/mol. The molecule has 0 aliphatic carbocycles. The maximum atomic E-state index is 4.20.